The highest BCUT2D eigenvalue weighted by Gasteiger charge is 2.11. The molecule has 0 bridgehead atoms. The van der Waals surface area contributed by atoms with E-state index in [1.54, 1.807) is 18.2 Å². The number of rotatable bonds is 3. The second kappa shape index (κ2) is 4.28. The number of fused-ring (bicyclic) bond motifs is 1. The van der Waals surface area contributed by atoms with Crippen molar-refractivity contribution in [2.24, 2.45) is 5.73 Å². The van der Waals surface area contributed by atoms with Crippen molar-refractivity contribution in [3.8, 4) is 0 Å². The first-order valence-corrected chi connectivity index (χ1v) is 5.07. The third-order valence-electron chi connectivity index (χ3n) is 2.36. The van der Waals surface area contributed by atoms with Crippen molar-refractivity contribution < 1.29 is 4.79 Å². The molecule has 4 N–H and O–H groups in total. The minimum Gasteiger partial charge on any atom is -0.325 e. The maximum Gasteiger partial charge on any atom is 0.241 e. The van der Waals surface area contributed by atoms with Gasteiger partial charge in [-0.25, -0.2) is 0 Å². The van der Waals surface area contributed by atoms with Gasteiger partial charge in [-0.05, 0) is 24.6 Å². The first-order valence-electron chi connectivity index (χ1n) is 5.07. The molecule has 1 amide bonds. The summed E-state index contributed by atoms with van der Waals surface area (Å²) >= 11 is 0. The Kier molecular flexibility index (Phi) is 2.82. The molecule has 0 fully saturated rings. The minimum absolute atomic E-state index is 0.189. The second-order valence-electron chi connectivity index (χ2n) is 3.53. The molecule has 0 aliphatic heterocycles. The number of H-pyrrole nitrogens is 1. The van der Waals surface area contributed by atoms with Crippen molar-refractivity contribution in [2.75, 3.05) is 5.32 Å². The zero-order valence-corrected chi connectivity index (χ0v) is 8.90. The van der Waals surface area contributed by atoms with E-state index in [-0.39, 0.29) is 5.91 Å². The van der Waals surface area contributed by atoms with E-state index in [1.165, 1.54) is 0 Å². The molecule has 0 aliphatic carbocycles. The van der Waals surface area contributed by atoms with Gasteiger partial charge >= 0.3 is 0 Å². The highest BCUT2D eigenvalue weighted by Crippen LogP contribution is 2.14. The highest BCUT2D eigenvalue weighted by atomic mass is 16.2. The predicted octanol–water partition coefficient (Wildman–Crippen LogP) is 0.634. The average molecular weight is 219 g/mol. The molecule has 0 saturated heterocycles. The van der Waals surface area contributed by atoms with Gasteiger partial charge < -0.3 is 11.1 Å². The Hall–Kier alpha value is -1.95. The summed E-state index contributed by atoms with van der Waals surface area (Å²) < 4.78 is 0. The van der Waals surface area contributed by atoms with Crippen LogP contribution in [-0.4, -0.2) is 27.4 Å². The van der Waals surface area contributed by atoms with Crippen LogP contribution in [0.2, 0.25) is 0 Å². The molecular weight excluding hydrogens is 206 g/mol. The summed E-state index contributed by atoms with van der Waals surface area (Å²) in [5, 5.41) is 13.1. The number of aromatic amines is 1. The van der Waals surface area contributed by atoms with E-state index < -0.39 is 6.04 Å². The molecule has 1 aromatic heterocycles. The van der Waals surface area contributed by atoms with Crippen molar-refractivity contribution in [1.29, 1.82) is 0 Å². The minimum atomic E-state index is -0.479. The smallest absolute Gasteiger partial charge is 0.241 e. The lowest BCUT2D eigenvalue weighted by Crippen LogP contribution is -2.34. The number of anilines is 1. The van der Waals surface area contributed by atoms with Gasteiger partial charge in [-0.2, -0.15) is 15.4 Å². The number of amides is 1. The zero-order chi connectivity index (χ0) is 11.5. The van der Waals surface area contributed by atoms with Crippen molar-refractivity contribution in [3.63, 3.8) is 0 Å². The van der Waals surface area contributed by atoms with Gasteiger partial charge in [0, 0.05) is 5.69 Å². The fourth-order valence-corrected chi connectivity index (χ4v) is 1.34. The Morgan fingerprint density at radius 1 is 1.50 bits per heavy atom. The maximum atomic E-state index is 11.5. The van der Waals surface area contributed by atoms with Crippen molar-refractivity contribution >= 4 is 22.6 Å². The van der Waals surface area contributed by atoms with E-state index in [1.807, 2.05) is 6.92 Å². The molecule has 6 nitrogen and oxygen atoms in total. The van der Waals surface area contributed by atoms with Crippen LogP contribution >= 0.6 is 0 Å². The number of benzene rings is 1. The molecule has 0 aliphatic rings. The molecule has 0 spiro atoms. The molecule has 0 unspecified atom stereocenters. The van der Waals surface area contributed by atoms with E-state index >= 15 is 0 Å². The van der Waals surface area contributed by atoms with Gasteiger partial charge in [0.2, 0.25) is 5.91 Å². The van der Waals surface area contributed by atoms with Crippen LogP contribution in [0.1, 0.15) is 13.3 Å². The van der Waals surface area contributed by atoms with Gasteiger partial charge in [0.15, 0.2) is 0 Å². The largest absolute Gasteiger partial charge is 0.325 e. The fourth-order valence-electron chi connectivity index (χ4n) is 1.34. The number of nitrogens with one attached hydrogen (secondary N) is 2. The second-order valence-corrected chi connectivity index (χ2v) is 3.53. The summed E-state index contributed by atoms with van der Waals surface area (Å²) in [6.07, 6.45) is 0.609. The van der Waals surface area contributed by atoms with Crippen LogP contribution in [0.15, 0.2) is 18.2 Å². The lowest BCUT2D eigenvalue weighted by atomic mass is 10.2. The molecule has 2 rings (SSSR count). The lowest BCUT2D eigenvalue weighted by molar-refractivity contribution is -0.117. The van der Waals surface area contributed by atoms with E-state index in [0.29, 0.717) is 17.6 Å². The normalized spacial score (nSPS) is 12.6. The number of carbonyl (C=O) groups excluding carboxylic acids is 1. The standard InChI is InChI=1S/C10H13N5O/c1-2-7(11)10(16)12-6-3-4-8-9(5-6)14-15-13-8/h3-5,7H,2,11H2,1H3,(H,12,16)(H,13,14,15)/t7-/m0/s1. The number of hydrogen-bond acceptors (Lipinski definition) is 4. The molecule has 1 heterocycles. The van der Waals surface area contributed by atoms with Crippen LogP contribution in [0, 0.1) is 0 Å². The van der Waals surface area contributed by atoms with E-state index in [0.717, 1.165) is 5.52 Å². The summed E-state index contributed by atoms with van der Waals surface area (Å²) in [5.74, 6) is -0.189. The van der Waals surface area contributed by atoms with Crippen LogP contribution < -0.4 is 11.1 Å². The summed E-state index contributed by atoms with van der Waals surface area (Å²) in [6.45, 7) is 1.87. The summed E-state index contributed by atoms with van der Waals surface area (Å²) in [5.41, 5.74) is 7.76. The quantitative estimate of drug-likeness (QED) is 0.705. The Morgan fingerprint density at radius 2 is 2.25 bits per heavy atom. The van der Waals surface area contributed by atoms with Crippen LogP contribution in [0.5, 0.6) is 0 Å². The van der Waals surface area contributed by atoms with Crippen LogP contribution in [0.3, 0.4) is 0 Å². The van der Waals surface area contributed by atoms with Crippen LogP contribution in [0.4, 0.5) is 5.69 Å². The van der Waals surface area contributed by atoms with Crippen molar-refractivity contribution in [2.45, 2.75) is 19.4 Å². The number of nitrogens with zero attached hydrogens (tertiary/aromatic N) is 2. The predicted molar refractivity (Wildman–Crippen MR) is 60.8 cm³/mol. The van der Waals surface area contributed by atoms with Gasteiger partial charge in [0.25, 0.3) is 0 Å². The molecule has 0 radical (unpaired) electrons. The molecule has 1 aromatic carbocycles. The van der Waals surface area contributed by atoms with Gasteiger partial charge in [0.05, 0.1) is 6.04 Å². The Balaban J connectivity index is 2.17. The Bertz CT molecular complexity index is 507. The van der Waals surface area contributed by atoms with Gasteiger partial charge in [-0.3, -0.25) is 4.79 Å². The third kappa shape index (κ3) is 2.01. The van der Waals surface area contributed by atoms with E-state index in [9.17, 15) is 4.79 Å². The number of hydrogen-bond donors (Lipinski definition) is 3. The van der Waals surface area contributed by atoms with E-state index in [4.69, 9.17) is 5.73 Å². The topological polar surface area (TPSA) is 96.7 Å². The molecule has 6 heteroatoms. The fraction of sp³-hybridized carbons (Fsp3) is 0.300. The number of nitrogens with two attached hydrogens (primary N) is 1. The van der Waals surface area contributed by atoms with Crippen LogP contribution in [0.25, 0.3) is 11.0 Å². The Labute approximate surface area is 92.2 Å². The molecule has 0 saturated carbocycles. The van der Waals surface area contributed by atoms with Crippen molar-refractivity contribution in [1.82, 2.24) is 15.4 Å². The molecular formula is C10H13N5O. The summed E-state index contributed by atoms with van der Waals surface area (Å²) in [6, 6.07) is 4.82. The zero-order valence-electron chi connectivity index (χ0n) is 8.90. The Morgan fingerprint density at radius 3 is 3.00 bits per heavy atom. The molecule has 16 heavy (non-hydrogen) atoms. The van der Waals surface area contributed by atoms with Crippen LogP contribution in [-0.2, 0) is 4.79 Å². The average Bonchev–Trinajstić information content (AvgIpc) is 2.75. The molecule has 1 atom stereocenters. The SMILES string of the molecule is CC[C@H](N)C(=O)Nc1ccc2n[nH]nc2c1. The monoisotopic (exact) mass is 219 g/mol. The highest BCUT2D eigenvalue weighted by molar-refractivity contribution is 5.96. The van der Waals surface area contributed by atoms with Crippen molar-refractivity contribution in [3.05, 3.63) is 18.2 Å². The lowest BCUT2D eigenvalue weighted by Gasteiger charge is -2.09. The van der Waals surface area contributed by atoms with Gasteiger partial charge in [-0.15, -0.1) is 0 Å². The summed E-state index contributed by atoms with van der Waals surface area (Å²) in [7, 11) is 0. The van der Waals surface area contributed by atoms with Gasteiger partial charge in [-0.1, -0.05) is 6.92 Å². The first-order chi connectivity index (χ1) is 7.70. The molecule has 2 aromatic rings. The molecule has 84 valence electrons. The first kappa shape index (κ1) is 10.6. The summed E-state index contributed by atoms with van der Waals surface area (Å²) in [4.78, 5) is 11.5. The van der Waals surface area contributed by atoms with E-state index in [2.05, 4.69) is 20.7 Å². The number of carbonyl (C=O) groups is 1. The number of aromatic nitrogens is 3. The van der Waals surface area contributed by atoms with Gasteiger partial charge in [0.1, 0.15) is 11.0 Å². The maximum absolute atomic E-state index is 11.5. The third-order valence-corrected chi connectivity index (χ3v) is 2.36.